The van der Waals surface area contributed by atoms with E-state index in [1.807, 2.05) is 0 Å². The molecule has 2 aliphatic rings. The Morgan fingerprint density at radius 3 is 2.95 bits per heavy atom. The zero-order valence-electron chi connectivity index (χ0n) is 11.5. The van der Waals surface area contributed by atoms with Crippen molar-refractivity contribution < 1.29 is 18.7 Å². The van der Waals surface area contributed by atoms with Crippen molar-refractivity contribution in [2.75, 3.05) is 18.6 Å². The number of thioether (sulfide) groups is 1. The van der Waals surface area contributed by atoms with E-state index in [1.165, 1.54) is 25.3 Å². The minimum absolute atomic E-state index is 0.0119. The molecule has 2 heterocycles. The van der Waals surface area contributed by atoms with Gasteiger partial charge in [0.25, 0.3) is 5.91 Å². The Labute approximate surface area is 125 Å². The number of imide groups is 1. The highest BCUT2D eigenvalue weighted by atomic mass is 32.2. The van der Waals surface area contributed by atoms with Crippen molar-refractivity contribution in [1.82, 2.24) is 10.2 Å². The van der Waals surface area contributed by atoms with E-state index in [2.05, 4.69) is 5.32 Å². The lowest BCUT2D eigenvalue weighted by Gasteiger charge is -2.19. The SMILES string of the molecule is COc1ccc(F)cc1CN1C(=O)N[C@@]2(CCSC2)C1=O. The summed E-state index contributed by atoms with van der Waals surface area (Å²) in [6.45, 7) is 0.0119. The molecule has 1 aromatic rings. The Kier molecular flexibility index (Phi) is 3.52. The lowest BCUT2D eigenvalue weighted by Crippen LogP contribution is -2.46. The normalized spacial score (nSPS) is 24.8. The largest absolute Gasteiger partial charge is 0.496 e. The van der Waals surface area contributed by atoms with Crippen LogP contribution in [0.4, 0.5) is 9.18 Å². The van der Waals surface area contributed by atoms with E-state index in [1.54, 1.807) is 11.8 Å². The van der Waals surface area contributed by atoms with Gasteiger partial charge in [0.05, 0.1) is 13.7 Å². The molecule has 1 N–H and O–H groups in total. The first-order chi connectivity index (χ1) is 10.1. The molecule has 3 amide bonds. The third kappa shape index (κ3) is 2.35. The highest BCUT2D eigenvalue weighted by molar-refractivity contribution is 7.99. The minimum atomic E-state index is -0.775. The topological polar surface area (TPSA) is 58.6 Å². The van der Waals surface area contributed by atoms with Crippen molar-refractivity contribution in [1.29, 1.82) is 0 Å². The molecule has 3 rings (SSSR count). The maximum atomic E-state index is 13.4. The van der Waals surface area contributed by atoms with E-state index < -0.39 is 17.4 Å². The molecule has 0 radical (unpaired) electrons. The molecule has 2 aliphatic heterocycles. The van der Waals surface area contributed by atoms with E-state index in [9.17, 15) is 14.0 Å². The van der Waals surface area contributed by atoms with Gasteiger partial charge in [0.1, 0.15) is 17.1 Å². The summed E-state index contributed by atoms with van der Waals surface area (Å²) >= 11 is 1.65. The number of carbonyl (C=O) groups is 2. The fourth-order valence-corrected chi connectivity index (χ4v) is 4.02. The molecule has 0 bridgehead atoms. The first-order valence-corrected chi connectivity index (χ1v) is 7.75. The summed E-state index contributed by atoms with van der Waals surface area (Å²) in [5.41, 5.74) is -0.300. The molecule has 1 spiro atoms. The number of urea groups is 1. The molecule has 21 heavy (non-hydrogen) atoms. The highest BCUT2D eigenvalue weighted by Crippen LogP contribution is 2.34. The van der Waals surface area contributed by atoms with Crippen molar-refractivity contribution >= 4 is 23.7 Å². The predicted molar refractivity (Wildman–Crippen MR) is 76.7 cm³/mol. The number of amides is 3. The number of hydrogen-bond acceptors (Lipinski definition) is 4. The van der Waals surface area contributed by atoms with Gasteiger partial charge in [-0.25, -0.2) is 9.18 Å². The second-order valence-electron chi connectivity index (χ2n) is 5.16. The Morgan fingerprint density at radius 1 is 1.48 bits per heavy atom. The van der Waals surface area contributed by atoms with Gasteiger partial charge < -0.3 is 10.1 Å². The average molecular weight is 310 g/mol. The lowest BCUT2D eigenvalue weighted by atomic mass is 9.99. The number of ether oxygens (including phenoxy) is 1. The fourth-order valence-electron chi connectivity index (χ4n) is 2.69. The number of nitrogens with zero attached hydrogens (tertiary/aromatic N) is 1. The Morgan fingerprint density at radius 2 is 2.29 bits per heavy atom. The lowest BCUT2D eigenvalue weighted by molar-refractivity contribution is -0.130. The van der Waals surface area contributed by atoms with Crippen molar-refractivity contribution in [2.24, 2.45) is 0 Å². The fraction of sp³-hybridized carbons (Fsp3) is 0.429. The molecular weight excluding hydrogens is 295 g/mol. The maximum Gasteiger partial charge on any atom is 0.325 e. The first kappa shape index (κ1) is 14.2. The highest BCUT2D eigenvalue weighted by Gasteiger charge is 2.52. The van der Waals surface area contributed by atoms with Crippen molar-refractivity contribution in [3.63, 3.8) is 0 Å². The summed E-state index contributed by atoms with van der Waals surface area (Å²) in [4.78, 5) is 25.8. The van der Waals surface area contributed by atoms with Gasteiger partial charge in [-0.1, -0.05) is 0 Å². The van der Waals surface area contributed by atoms with Gasteiger partial charge in [0, 0.05) is 11.3 Å². The average Bonchev–Trinajstić information content (AvgIpc) is 3.01. The summed E-state index contributed by atoms with van der Waals surface area (Å²) < 4.78 is 18.5. The maximum absolute atomic E-state index is 13.4. The molecule has 7 heteroatoms. The number of benzene rings is 1. The summed E-state index contributed by atoms with van der Waals surface area (Å²) in [6.07, 6.45) is 0.638. The molecule has 112 valence electrons. The molecule has 0 unspecified atom stereocenters. The van der Waals surface area contributed by atoms with Crippen molar-refractivity contribution in [3.05, 3.63) is 29.6 Å². The first-order valence-electron chi connectivity index (χ1n) is 6.60. The molecular formula is C14H15FN2O3S. The van der Waals surface area contributed by atoms with Crippen LogP contribution in [-0.4, -0.2) is 41.0 Å². The Balaban J connectivity index is 1.86. The minimum Gasteiger partial charge on any atom is -0.496 e. The van der Waals surface area contributed by atoms with Gasteiger partial charge in [0.2, 0.25) is 0 Å². The molecule has 2 fully saturated rings. The second kappa shape index (κ2) is 5.22. The van der Waals surface area contributed by atoms with Crippen LogP contribution in [0.1, 0.15) is 12.0 Å². The van der Waals surface area contributed by atoms with Crippen LogP contribution in [0.5, 0.6) is 5.75 Å². The third-order valence-corrected chi connectivity index (χ3v) is 5.03. The van der Waals surface area contributed by atoms with E-state index in [0.29, 0.717) is 23.5 Å². The quantitative estimate of drug-likeness (QED) is 0.864. The Bertz CT molecular complexity index is 602. The van der Waals surface area contributed by atoms with Gasteiger partial charge in [-0.3, -0.25) is 9.69 Å². The van der Waals surface area contributed by atoms with Gasteiger partial charge in [0.15, 0.2) is 0 Å². The molecule has 5 nitrogen and oxygen atoms in total. The van der Waals surface area contributed by atoms with Gasteiger partial charge in [-0.15, -0.1) is 0 Å². The Hall–Kier alpha value is -1.76. The van der Waals surface area contributed by atoms with Crippen molar-refractivity contribution in [3.8, 4) is 5.75 Å². The number of halogens is 1. The van der Waals surface area contributed by atoms with Gasteiger partial charge in [-0.2, -0.15) is 11.8 Å². The zero-order chi connectivity index (χ0) is 15.0. The van der Waals surface area contributed by atoms with Crippen LogP contribution in [0, 0.1) is 5.82 Å². The smallest absolute Gasteiger partial charge is 0.325 e. The molecule has 0 aliphatic carbocycles. The summed E-state index contributed by atoms with van der Waals surface area (Å²) in [5, 5.41) is 2.78. The standard InChI is InChI=1S/C14H15FN2O3S/c1-20-11-3-2-10(15)6-9(11)7-17-12(18)14(16-13(17)19)4-5-21-8-14/h2-3,6H,4-5,7-8H2,1H3,(H,16,19)/t14-/m1/s1. The zero-order valence-corrected chi connectivity index (χ0v) is 12.3. The van der Waals surface area contributed by atoms with E-state index in [4.69, 9.17) is 4.74 Å². The number of methoxy groups -OCH3 is 1. The predicted octanol–water partition coefficient (Wildman–Crippen LogP) is 1.76. The van der Waals surface area contributed by atoms with E-state index in [0.717, 1.165) is 10.7 Å². The number of carbonyl (C=O) groups excluding carboxylic acids is 2. The monoisotopic (exact) mass is 310 g/mol. The van der Waals surface area contributed by atoms with Crippen LogP contribution in [-0.2, 0) is 11.3 Å². The summed E-state index contributed by atoms with van der Waals surface area (Å²) in [6, 6.07) is 3.63. The summed E-state index contributed by atoms with van der Waals surface area (Å²) in [5.74, 6) is 1.24. The number of hydrogen-bond donors (Lipinski definition) is 1. The summed E-state index contributed by atoms with van der Waals surface area (Å²) in [7, 11) is 1.47. The number of rotatable bonds is 3. The van der Waals surface area contributed by atoms with Crippen LogP contribution in [0.3, 0.4) is 0 Å². The molecule has 0 aromatic heterocycles. The molecule has 1 aromatic carbocycles. The van der Waals surface area contributed by atoms with Crippen LogP contribution in [0.2, 0.25) is 0 Å². The van der Waals surface area contributed by atoms with Gasteiger partial charge >= 0.3 is 6.03 Å². The van der Waals surface area contributed by atoms with E-state index >= 15 is 0 Å². The van der Waals surface area contributed by atoms with E-state index in [-0.39, 0.29) is 12.5 Å². The number of nitrogens with one attached hydrogen (secondary N) is 1. The molecule has 2 saturated heterocycles. The van der Waals surface area contributed by atoms with Crippen LogP contribution >= 0.6 is 11.8 Å². The second-order valence-corrected chi connectivity index (χ2v) is 6.27. The third-order valence-electron chi connectivity index (χ3n) is 3.84. The molecule has 0 saturated carbocycles. The van der Waals surface area contributed by atoms with Crippen LogP contribution in [0.25, 0.3) is 0 Å². The molecule has 1 atom stereocenters. The van der Waals surface area contributed by atoms with Crippen molar-refractivity contribution in [2.45, 2.75) is 18.5 Å². The van der Waals surface area contributed by atoms with Crippen LogP contribution in [0.15, 0.2) is 18.2 Å². The van der Waals surface area contributed by atoms with Crippen LogP contribution < -0.4 is 10.1 Å². The van der Waals surface area contributed by atoms with Gasteiger partial charge in [-0.05, 0) is 30.4 Å².